The molecule has 2 aliphatic carbocycles. The van der Waals surface area contributed by atoms with E-state index in [4.69, 9.17) is 27.9 Å². The van der Waals surface area contributed by atoms with Crippen molar-refractivity contribution < 1.29 is 38.9 Å². The highest BCUT2D eigenvalue weighted by Crippen LogP contribution is 2.65. The molecule has 7 rings (SSSR count). The van der Waals surface area contributed by atoms with Crippen molar-refractivity contribution in [3.05, 3.63) is 98.0 Å². The highest BCUT2D eigenvalue weighted by atomic mass is 79.9. The molecule has 2 saturated heterocycles. The summed E-state index contributed by atoms with van der Waals surface area (Å²) in [5, 5.41) is 22.3. The van der Waals surface area contributed by atoms with Gasteiger partial charge < -0.3 is 14.9 Å². The Bertz CT molecular complexity index is 2010. The summed E-state index contributed by atoms with van der Waals surface area (Å²) < 4.78 is 6.02. The molecule has 4 amide bonds. The number of amides is 4. The average molecular weight is 783 g/mol. The van der Waals surface area contributed by atoms with Crippen LogP contribution in [0.25, 0.3) is 0 Å². The van der Waals surface area contributed by atoms with Crippen molar-refractivity contribution in [3.8, 4) is 11.5 Å². The summed E-state index contributed by atoms with van der Waals surface area (Å²) >= 11 is 16.1. The molecule has 0 radical (unpaired) electrons. The Hall–Kier alpha value is -4.39. The lowest BCUT2D eigenvalue weighted by Gasteiger charge is -2.50. The first-order valence-corrected chi connectivity index (χ1v) is 17.4. The fraction of sp³-hybridized carbons (Fsp3) is 0.306. The van der Waals surface area contributed by atoms with Crippen LogP contribution in [0.2, 0.25) is 10.0 Å². The third kappa shape index (κ3) is 5.18. The normalized spacial score (nSPS) is 27.1. The van der Waals surface area contributed by atoms with Crippen LogP contribution in [0.3, 0.4) is 0 Å². The number of allylic oxidation sites excluding steroid dienone is 2. The molecule has 2 heterocycles. The fourth-order valence-corrected chi connectivity index (χ4v) is 9.27. The van der Waals surface area contributed by atoms with Crippen LogP contribution < -0.4 is 10.2 Å². The SMILES string of the molecule is COc1ccc([C@@]23C(=O)N(Nc4ccc(Cl)cc4Cl)C(=O)[C@@H]2C[C@@H]2C(=CC[C@@H]4C(=O)N(CCC(=O)O)C(=O)[C@@H]42)[C@@H]3c2cc(Br)ccc2O)cc1. The van der Waals surface area contributed by atoms with E-state index in [0.717, 1.165) is 9.91 Å². The summed E-state index contributed by atoms with van der Waals surface area (Å²) in [7, 11) is 1.51. The molecule has 3 N–H and O–H groups in total. The van der Waals surface area contributed by atoms with E-state index in [0.29, 0.717) is 31.9 Å². The van der Waals surface area contributed by atoms with Gasteiger partial charge in [-0.05, 0) is 72.9 Å². The van der Waals surface area contributed by atoms with Crippen molar-refractivity contribution in [2.75, 3.05) is 19.1 Å². The second-order valence-electron chi connectivity index (χ2n) is 12.9. The lowest BCUT2D eigenvalue weighted by Crippen LogP contribution is -2.53. The number of nitrogens with one attached hydrogen (secondary N) is 1. The first-order chi connectivity index (χ1) is 23.9. The number of phenolic OH excluding ortho intramolecular Hbond substituents is 1. The number of rotatable bonds is 8. The number of anilines is 1. The van der Waals surface area contributed by atoms with Crippen LogP contribution in [0.5, 0.6) is 11.5 Å². The Morgan fingerprint density at radius 3 is 2.42 bits per heavy atom. The van der Waals surface area contributed by atoms with Gasteiger partial charge in [0.15, 0.2) is 0 Å². The monoisotopic (exact) mass is 781 g/mol. The number of phenols is 1. The summed E-state index contributed by atoms with van der Waals surface area (Å²) in [6.07, 6.45) is 1.63. The third-order valence-corrected chi connectivity index (χ3v) is 11.6. The number of hydrazine groups is 1. The van der Waals surface area contributed by atoms with E-state index in [9.17, 15) is 29.4 Å². The molecule has 3 aromatic rings. The smallest absolute Gasteiger partial charge is 0.305 e. The van der Waals surface area contributed by atoms with E-state index in [1.165, 1.54) is 19.2 Å². The van der Waals surface area contributed by atoms with Crippen LogP contribution in [0.1, 0.15) is 36.3 Å². The quantitative estimate of drug-likeness (QED) is 0.187. The van der Waals surface area contributed by atoms with E-state index in [1.807, 2.05) is 6.08 Å². The minimum Gasteiger partial charge on any atom is -0.508 e. The van der Waals surface area contributed by atoms with Crippen LogP contribution in [0.15, 0.2) is 76.8 Å². The lowest BCUT2D eigenvalue weighted by molar-refractivity contribution is -0.143. The molecule has 258 valence electrons. The summed E-state index contributed by atoms with van der Waals surface area (Å²) in [6.45, 7) is -0.270. The maximum absolute atomic E-state index is 15.2. The summed E-state index contributed by atoms with van der Waals surface area (Å²) in [5.41, 5.74) is 3.01. The minimum absolute atomic E-state index is 0.0210. The minimum atomic E-state index is -1.64. The molecular formula is C36H30BrCl2N3O8. The van der Waals surface area contributed by atoms with Gasteiger partial charge in [0, 0.05) is 27.5 Å². The van der Waals surface area contributed by atoms with E-state index in [2.05, 4.69) is 21.4 Å². The molecule has 4 aliphatic rings. The van der Waals surface area contributed by atoms with Gasteiger partial charge in [0.05, 0.1) is 47.4 Å². The molecule has 0 bridgehead atoms. The highest BCUT2D eigenvalue weighted by Gasteiger charge is 2.70. The Balaban J connectivity index is 1.45. The predicted molar refractivity (Wildman–Crippen MR) is 185 cm³/mol. The number of carboxylic acid groups (broad SMARTS) is 1. The zero-order valence-corrected chi connectivity index (χ0v) is 29.5. The molecule has 0 spiro atoms. The van der Waals surface area contributed by atoms with Gasteiger partial charge in [0.2, 0.25) is 11.8 Å². The van der Waals surface area contributed by atoms with Crippen LogP contribution >= 0.6 is 39.1 Å². The van der Waals surface area contributed by atoms with E-state index >= 15 is 4.79 Å². The van der Waals surface area contributed by atoms with Crippen LogP contribution in [0, 0.1) is 23.7 Å². The van der Waals surface area contributed by atoms with Crippen LogP contribution in [-0.2, 0) is 29.4 Å². The van der Waals surface area contributed by atoms with Gasteiger partial charge in [0.25, 0.3) is 11.8 Å². The standard InChI is InChI=1S/C36H30BrCl2N3O8/c1-50-20-6-2-17(3-7-20)36-25(33(47)42(35(36)49)40-27-10-5-19(38)15-26(27)39)16-23-21(31(36)24-14-18(37)4-11-28(24)43)8-9-22-30(23)34(48)41(32(22)46)13-12-29(44)45/h2-8,10-11,14-15,22-23,25,30-31,40,43H,9,12-13,16H2,1H3,(H,44,45)/t22-,23+,25-,30-,31+,36+/m0/s1. The van der Waals surface area contributed by atoms with Crippen molar-refractivity contribution in [1.82, 2.24) is 9.91 Å². The van der Waals surface area contributed by atoms with Crippen molar-refractivity contribution in [2.45, 2.75) is 30.6 Å². The first-order valence-electron chi connectivity index (χ1n) is 15.9. The largest absolute Gasteiger partial charge is 0.508 e. The van der Waals surface area contributed by atoms with Gasteiger partial charge in [0.1, 0.15) is 11.5 Å². The molecule has 0 unspecified atom stereocenters. The number of hydrogen-bond donors (Lipinski definition) is 3. The third-order valence-electron chi connectivity index (χ3n) is 10.5. The van der Waals surface area contributed by atoms with Gasteiger partial charge in [-0.1, -0.05) is 62.9 Å². The van der Waals surface area contributed by atoms with Gasteiger partial charge in [-0.15, -0.1) is 0 Å². The van der Waals surface area contributed by atoms with Crippen molar-refractivity contribution in [2.24, 2.45) is 23.7 Å². The molecule has 14 heteroatoms. The van der Waals surface area contributed by atoms with Crippen molar-refractivity contribution in [1.29, 1.82) is 0 Å². The number of benzene rings is 3. The number of nitrogens with zero attached hydrogens (tertiary/aromatic N) is 2. The number of imide groups is 2. The number of halogens is 3. The number of carbonyl (C=O) groups is 5. The number of carboxylic acids is 1. The van der Waals surface area contributed by atoms with Crippen LogP contribution in [0.4, 0.5) is 5.69 Å². The molecule has 3 fully saturated rings. The Morgan fingerprint density at radius 1 is 1.00 bits per heavy atom. The summed E-state index contributed by atoms with van der Waals surface area (Å²) in [6, 6.07) is 16.3. The highest BCUT2D eigenvalue weighted by molar-refractivity contribution is 9.10. The first kappa shape index (κ1) is 34.1. The molecule has 50 heavy (non-hydrogen) atoms. The van der Waals surface area contributed by atoms with Gasteiger partial charge in [-0.2, -0.15) is 5.01 Å². The second kappa shape index (κ2) is 12.7. The summed E-state index contributed by atoms with van der Waals surface area (Å²) in [4.78, 5) is 70.0. The molecule has 2 aliphatic heterocycles. The average Bonchev–Trinajstić information content (AvgIpc) is 3.46. The van der Waals surface area contributed by atoms with E-state index in [-0.39, 0.29) is 35.8 Å². The second-order valence-corrected chi connectivity index (χ2v) is 14.6. The van der Waals surface area contributed by atoms with Gasteiger partial charge >= 0.3 is 5.97 Å². The summed E-state index contributed by atoms with van der Waals surface area (Å²) in [5.74, 6) is -7.30. The Labute approximate surface area is 304 Å². The number of aromatic hydroxyl groups is 1. The lowest BCUT2D eigenvalue weighted by atomic mass is 9.49. The molecule has 11 nitrogen and oxygen atoms in total. The maximum atomic E-state index is 15.2. The zero-order chi connectivity index (χ0) is 35.6. The zero-order valence-electron chi connectivity index (χ0n) is 26.4. The van der Waals surface area contributed by atoms with Crippen LogP contribution in [-0.4, -0.2) is 63.4 Å². The predicted octanol–water partition coefficient (Wildman–Crippen LogP) is 5.93. The molecular weight excluding hydrogens is 753 g/mol. The Kier molecular flexibility index (Phi) is 8.68. The van der Waals surface area contributed by atoms with Crippen molar-refractivity contribution in [3.63, 3.8) is 0 Å². The topological polar surface area (TPSA) is 154 Å². The van der Waals surface area contributed by atoms with E-state index in [1.54, 1.807) is 48.5 Å². The van der Waals surface area contributed by atoms with E-state index < -0.39 is 71.0 Å². The molecule has 1 saturated carbocycles. The number of ether oxygens (including phenoxy) is 1. The van der Waals surface area contributed by atoms with Gasteiger partial charge in [-0.25, -0.2) is 0 Å². The Morgan fingerprint density at radius 2 is 1.74 bits per heavy atom. The number of likely N-dealkylation sites (tertiary alicyclic amines) is 1. The molecule has 3 aromatic carbocycles. The fourth-order valence-electron chi connectivity index (χ4n) is 8.44. The molecule has 0 aromatic heterocycles. The number of methoxy groups -OCH3 is 1. The number of aliphatic carboxylic acids is 1. The molecule has 6 atom stereocenters. The van der Waals surface area contributed by atoms with Gasteiger partial charge in [-0.3, -0.25) is 34.3 Å². The van der Waals surface area contributed by atoms with Crippen molar-refractivity contribution >= 4 is 74.4 Å². The maximum Gasteiger partial charge on any atom is 0.305 e. The number of hydrogen-bond acceptors (Lipinski definition) is 8. The number of fused-ring (bicyclic) bond motifs is 4. The number of carbonyl (C=O) groups excluding carboxylic acids is 4.